The summed E-state index contributed by atoms with van der Waals surface area (Å²) in [5.41, 5.74) is 0.690. The first-order chi connectivity index (χ1) is 12.7. The molecule has 0 aromatic heterocycles. The van der Waals surface area contributed by atoms with Crippen molar-refractivity contribution < 1.29 is 14.4 Å². The number of hydrogen-bond acceptors (Lipinski definition) is 4. The van der Waals surface area contributed by atoms with E-state index in [1.807, 2.05) is 18.2 Å². The predicted octanol–water partition coefficient (Wildman–Crippen LogP) is 5.08. The lowest BCUT2D eigenvalue weighted by Gasteiger charge is -2.59. The number of piperidine rings is 1. The van der Waals surface area contributed by atoms with E-state index in [4.69, 9.17) is 9.57 Å². The van der Waals surface area contributed by atoms with E-state index in [9.17, 15) is 4.79 Å². The molecule has 1 amide bonds. The topological polar surface area (TPSA) is 50.8 Å². The van der Waals surface area contributed by atoms with Crippen LogP contribution in [0.2, 0.25) is 0 Å². The van der Waals surface area contributed by atoms with Crippen LogP contribution in [-0.4, -0.2) is 35.4 Å². The number of hydroxylamine groups is 2. The van der Waals surface area contributed by atoms with Crippen LogP contribution in [0.1, 0.15) is 72.5 Å². The molecule has 1 aliphatic heterocycles. The molecular formula is C22H36N2O3. The van der Waals surface area contributed by atoms with Crippen molar-refractivity contribution >= 4 is 6.09 Å². The molecule has 1 aliphatic rings. The normalized spacial score (nSPS) is 32.7. The zero-order valence-electron chi connectivity index (χ0n) is 17.9. The molecule has 1 saturated heterocycles. The van der Waals surface area contributed by atoms with Gasteiger partial charge in [0.1, 0.15) is 12.2 Å². The minimum absolute atomic E-state index is 0.0495. The first-order valence-electron chi connectivity index (χ1n) is 10.1. The van der Waals surface area contributed by atoms with Gasteiger partial charge in [-0.25, -0.2) is 4.79 Å². The van der Waals surface area contributed by atoms with Gasteiger partial charge >= 0.3 is 6.09 Å². The Bertz CT molecular complexity index is 623. The molecule has 0 radical (unpaired) electrons. The van der Waals surface area contributed by atoms with Gasteiger partial charge in [0.15, 0.2) is 0 Å². The molecule has 5 unspecified atom stereocenters. The van der Waals surface area contributed by atoms with Crippen LogP contribution in [0.3, 0.4) is 0 Å². The summed E-state index contributed by atoms with van der Waals surface area (Å²) in [6.07, 6.45) is 1.99. The zero-order chi connectivity index (χ0) is 20.2. The maximum Gasteiger partial charge on any atom is 0.407 e. The number of benzene rings is 1. The fourth-order valence-corrected chi connectivity index (χ4v) is 4.18. The second-order valence-electron chi connectivity index (χ2n) is 8.20. The van der Waals surface area contributed by atoms with Crippen LogP contribution in [0.25, 0.3) is 0 Å². The number of nitrogens with one attached hydrogen (secondary N) is 1. The second kappa shape index (κ2) is 8.61. The molecule has 5 heteroatoms. The molecule has 1 aromatic rings. The molecule has 0 aliphatic carbocycles. The lowest BCUT2D eigenvalue weighted by Crippen LogP contribution is -2.68. The Morgan fingerprint density at radius 3 is 2.41 bits per heavy atom. The van der Waals surface area contributed by atoms with Crippen molar-refractivity contribution in [1.29, 1.82) is 0 Å². The van der Waals surface area contributed by atoms with Crippen LogP contribution in [-0.2, 0) is 9.57 Å². The first kappa shape index (κ1) is 21.7. The molecular weight excluding hydrogens is 340 g/mol. The van der Waals surface area contributed by atoms with E-state index < -0.39 is 0 Å². The summed E-state index contributed by atoms with van der Waals surface area (Å²) in [6, 6.07) is 10.3. The van der Waals surface area contributed by atoms with Crippen molar-refractivity contribution in [3.63, 3.8) is 0 Å². The van der Waals surface area contributed by atoms with Crippen molar-refractivity contribution in [2.75, 3.05) is 7.05 Å². The summed E-state index contributed by atoms with van der Waals surface area (Å²) in [7, 11) is 1.60. The first-order valence-corrected chi connectivity index (χ1v) is 10.1. The summed E-state index contributed by atoms with van der Waals surface area (Å²) in [5.74, 6) is 0.141. The van der Waals surface area contributed by atoms with Crippen molar-refractivity contribution in [2.45, 2.75) is 84.1 Å². The molecule has 5 nitrogen and oxygen atoms in total. The average Bonchev–Trinajstić information content (AvgIpc) is 2.69. The number of alkyl carbamates (subject to hydrolysis) is 1. The summed E-state index contributed by atoms with van der Waals surface area (Å²) in [5, 5.41) is 4.80. The molecule has 1 aromatic carbocycles. The summed E-state index contributed by atoms with van der Waals surface area (Å²) >= 11 is 0. The van der Waals surface area contributed by atoms with Gasteiger partial charge < -0.3 is 10.1 Å². The Morgan fingerprint density at radius 1 is 1.26 bits per heavy atom. The lowest BCUT2D eigenvalue weighted by atomic mass is 9.69. The van der Waals surface area contributed by atoms with Crippen LogP contribution < -0.4 is 5.32 Å². The standard InChI is InChI=1S/C22H36N2O3/c1-8-21(5)15-19(26-20(25)23-7)16(3)22(6,9-2)24(21)27-17(4)18-13-11-10-12-14-18/h10-14,16-17,19H,8-9,15H2,1-7H3,(H,23,25). The highest BCUT2D eigenvalue weighted by molar-refractivity contribution is 5.66. The Morgan fingerprint density at radius 2 is 1.89 bits per heavy atom. The molecule has 0 bridgehead atoms. The highest BCUT2D eigenvalue weighted by atomic mass is 16.7. The van der Waals surface area contributed by atoms with Crippen LogP contribution in [0.4, 0.5) is 4.79 Å². The van der Waals surface area contributed by atoms with E-state index in [0.717, 1.165) is 24.8 Å². The lowest BCUT2D eigenvalue weighted by molar-refractivity contribution is -0.335. The highest BCUT2D eigenvalue weighted by Crippen LogP contribution is 2.48. The van der Waals surface area contributed by atoms with Gasteiger partial charge in [-0.2, -0.15) is 5.06 Å². The molecule has 2 rings (SSSR count). The van der Waals surface area contributed by atoms with E-state index in [0.29, 0.717) is 0 Å². The fraction of sp³-hybridized carbons (Fsp3) is 0.682. The maximum atomic E-state index is 11.9. The second-order valence-corrected chi connectivity index (χ2v) is 8.20. The minimum atomic E-state index is -0.365. The zero-order valence-corrected chi connectivity index (χ0v) is 17.9. The monoisotopic (exact) mass is 376 g/mol. The van der Waals surface area contributed by atoms with Crippen molar-refractivity contribution in [3.8, 4) is 0 Å². The number of hydrogen-bond donors (Lipinski definition) is 1. The van der Waals surface area contributed by atoms with Gasteiger partial charge in [0.05, 0.1) is 0 Å². The number of amides is 1. The van der Waals surface area contributed by atoms with E-state index in [2.05, 4.69) is 64.1 Å². The number of carbonyl (C=O) groups is 1. The molecule has 0 saturated carbocycles. The molecule has 1 heterocycles. The van der Waals surface area contributed by atoms with Crippen LogP contribution in [0, 0.1) is 5.92 Å². The third kappa shape index (κ3) is 4.30. The SMILES string of the molecule is CCC1(C)CC(OC(=O)NC)C(C)C(C)(CC)N1OC(C)c1ccccc1. The predicted molar refractivity (Wildman–Crippen MR) is 108 cm³/mol. The number of nitrogens with zero attached hydrogens (tertiary/aromatic N) is 1. The van der Waals surface area contributed by atoms with E-state index in [-0.39, 0.29) is 35.3 Å². The van der Waals surface area contributed by atoms with E-state index in [1.165, 1.54) is 0 Å². The Kier molecular flexibility index (Phi) is 6.92. The maximum absolute atomic E-state index is 11.9. The van der Waals surface area contributed by atoms with Crippen LogP contribution in [0.15, 0.2) is 30.3 Å². The van der Waals surface area contributed by atoms with Gasteiger partial charge in [0.2, 0.25) is 0 Å². The third-order valence-electron chi connectivity index (χ3n) is 6.61. The third-order valence-corrected chi connectivity index (χ3v) is 6.61. The number of carbonyl (C=O) groups excluding carboxylic acids is 1. The van der Waals surface area contributed by atoms with Crippen LogP contribution in [0.5, 0.6) is 0 Å². The Labute approximate surface area is 164 Å². The molecule has 1 fully saturated rings. The number of ether oxygens (including phenoxy) is 1. The van der Waals surface area contributed by atoms with E-state index in [1.54, 1.807) is 7.05 Å². The van der Waals surface area contributed by atoms with Gasteiger partial charge in [-0.1, -0.05) is 51.1 Å². The molecule has 5 atom stereocenters. The van der Waals surface area contributed by atoms with Crippen molar-refractivity contribution in [3.05, 3.63) is 35.9 Å². The summed E-state index contributed by atoms with van der Waals surface area (Å²) in [4.78, 5) is 18.5. The van der Waals surface area contributed by atoms with Gasteiger partial charge in [-0.05, 0) is 39.2 Å². The van der Waals surface area contributed by atoms with Gasteiger partial charge in [0, 0.05) is 30.5 Å². The smallest absolute Gasteiger partial charge is 0.407 e. The molecule has 27 heavy (non-hydrogen) atoms. The quantitative estimate of drug-likeness (QED) is 0.752. The fourth-order valence-electron chi connectivity index (χ4n) is 4.18. The van der Waals surface area contributed by atoms with E-state index >= 15 is 0 Å². The van der Waals surface area contributed by atoms with Gasteiger partial charge in [0.25, 0.3) is 0 Å². The van der Waals surface area contributed by atoms with Gasteiger partial charge in [-0.3, -0.25) is 4.84 Å². The highest BCUT2D eigenvalue weighted by Gasteiger charge is 2.55. The van der Waals surface area contributed by atoms with Crippen LogP contribution >= 0.6 is 0 Å². The summed E-state index contributed by atoms with van der Waals surface area (Å²) in [6.45, 7) is 13.0. The Hall–Kier alpha value is -1.59. The van der Waals surface area contributed by atoms with Crippen molar-refractivity contribution in [1.82, 2.24) is 10.4 Å². The number of rotatable bonds is 6. The largest absolute Gasteiger partial charge is 0.446 e. The minimum Gasteiger partial charge on any atom is -0.446 e. The van der Waals surface area contributed by atoms with Gasteiger partial charge in [-0.15, -0.1) is 0 Å². The summed E-state index contributed by atoms with van der Waals surface area (Å²) < 4.78 is 5.75. The molecule has 1 N–H and O–H groups in total. The molecule has 152 valence electrons. The molecule has 0 spiro atoms. The van der Waals surface area contributed by atoms with Crippen molar-refractivity contribution in [2.24, 2.45) is 5.92 Å². The Balaban J connectivity index is 2.34. The average molecular weight is 377 g/mol.